The van der Waals surface area contributed by atoms with Crippen LogP contribution in [-0.2, 0) is 68.7 Å². The second-order valence-corrected chi connectivity index (χ2v) is 20.9. The molecular formula is C53H84N16O17. The van der Waals surface area contributed by atoms with Crippen molar-refractivity contribution in [2.24, 2.45) is 45.5 Å². The van der Waals surface area contributed by atoms with Crippen molar-refractivity contribution < 1.29 is 82.8 Å². The summed E-state index contributed by atoms with van der Waals surface area (Å²) in [5.74, 6) is -16.9. The van der Waals surface area contributed by atoms with Crippen molar-refractivity contribution in [2.75, 3.05) is 19.6 Å². The van der Waals surface area contributed by atoms with Gasteiger partial charge in [0, 0.05) is 36.5 Å². The molecule has 0 aliphatic carbocycles. The third-order valence-corrected chi connectivity index (χ3v) is 13.5. The molecule has 478 valence electrons. The number of aliphatic carboxylic acids is 3. The lowest BCUT2D eigenvalue weighted by molar-refractivity contribution is -0.143. The summed E-state index contributed by atoms with van der Waals surface area (Å²) in [7, 11) is 0. The van der Waals surface area contributed by atoms with Crippen LogP contribution in [0.1, 0.15) is 104 Å². The Labute approximate surface area is 495 Å². The van der Waals surface area contributed by atoms with E-state index in [4.69, 9.17) is 28.7 Å². The minimum atomic E-state index is -1.93. The number of aliphatic hydroxyl groups is 1. The van der Waals surface area contributed by atoms with E-state index in [-0.39, 0.29) is 44.6 Å². The molecule has 0 aliphatic heterocycles. The number of nitrogens with zero attached hydrogens (tertiary/aromatic N) is 1. The van der Waals surface area contributed by atoms with Gasteiger partial charge >= 0.3 is 17.9 Å². The van der Waals surface area contributed by atoms with Crippen molar-refractivity contribution in [3.63, 3.8) is 0 Å². The van der Waals surface area contributed by atoms with E-state index in [9.17, 15) is 82.8 Å². The van der Waals surface area contributed by atoms with Crippen molar-refractivity contribution in [1.82, 2.24) is 52.8 Å². The van der Waals surface area contributed by atoms with E-state index in [1.165, 1.54) is 13.8 Å². The monoisotopic (exact) mass is 1220 g/mol. The summed E-state index contributed by atoms with van der Waals surface area (Å²) < 4.78 is 0. The quantitative estimate of drug-likeness (QED) is 0.0168. The molecule has 86 heavy (non-hydrogen) atoms. The Morgan fingerprint density at radius 3 is 1.67 bits per heavy atom. The maximum atomic E-state index is 14.1. The van der Waals surface area contributed by atoms with Crippen molar-refractivity contribution in [2.45, 2.75) is 166 Å². The summed E-state index contributed by atoms with van der Waals surface area (Å²) in [6, 6.07) is -7.41. The zero-order valence-electron chi connectivity index (χ0n) is 48.6. The number of H-pyrrole nitrogens is 1. The molecule has 33 heteroatoms. The van der Waals surface area contributed by atoms with Gasteiger partial charge in [-0.05, 0) is 69.0 Å². The number of nitrogens with one attached hydrogen (secondary N) is 10. The number of carbonyl (C=O) groups excluding carboxylic acids is 10. The highest BCUT2D eigenvalue weighted by Gasteiger charge is 2.37. The molecule has 1 aromatic heterocycles. The highest BCUT2D eigenvalue weighted by atomic mass is 16.4. The molecule has 33 nitrogen and oxygen atoms in total. The fourth-order valence-corrected chi connectivity index (χ4v) is 8.45. The molecule has 0 radical (unpaired) electrons. The molecule has 2 rings (SSSR count). The third kappa shape index (κ3) is 25.5. The van der Waals surface area contributed by atoms with E-state index in [0.29, 0.717) is 35.9 Å². The van der Waals surface area contributed by atoms with E-state index in [0.717, 1.165) is 6.92 Å². The SMILES string of the molecule is CC[C@H](C)[C@H](NC(=O)CNC(=O)[C@@H](NC(=O)[C@H](CC(=O)O)NC(=O)[C@@H](N)CCCCN)[C@@H](C)O)C(=O)N[C@@H](CCC(N)=O)C(=O)N[C@H](C(=O)N[C@@H](CC(=O)O)C(=O)N[C@@H](CCCN=C(N)N)C(=O)N[C@@H](Cc1c[nH]c2ccccc12)C(=O)O)C(C)C. The summed E-state index contributed by atoms with van der Waals surface area (Å²) in [5.41, 5.74) is 28.9. The first kappa shape index (κ1) is 73.1. The number of primary amides is 1. The van der Waals surface area contributed by atoms with Crippen molar-refractivity contribution in [3.05, 3.63) is 36.0 Å². The number of rotatable bonds is 40. The number of aliphatic imine (C=N–C) groups is 1. The number of carboxylic acids is 3. The highest BCUT2D eigenvalue weighted by Crippen LogP contribution is 2.20. The maximum Gasteiger partial charge on any atom is 0.326 e. The highest BCUT2D eigenvalue weighted by molar-refractivity contribution is 5.99. The fourth-order valence-electron chi connectivity index (χ4n) is 8.45. The number of aromatic amines is 1. The Hall–Kier alpha value is -8.98. The predicted molar refractivity (Wildman–Crippen MR) is 308 cm³/mol. The number of carbonyl (C=O) groups is 13. The standard InChI is InChI=1S/C53H84N16O17/c1-6-26(4)42(67-38(72)24-61-49(82)43(27(5)70)69-48(81)35(22-40(75)76)64-44(77)30(55)13-9-10-18-54)51(84)63-33(16-17-37(56)71)46(79)68-41(25(2)3)50(83)65-34(21-39(73)74)47(80)62-32(15-11-19-59-53(57)58)45(78)66-36(52(85)86)20-28-23-60-31-14-8-7-12-29(28)31/h7-8,12,14,23,25-27,30,32-36,41-43,60,70H,6,9-11,13,15-22,24,54-55H2,1-5H3,(H2,56,71)(H,61,82)(H,62,80)(H,63,84)(H,64,77)(H,65,83)(H,66,78)(H,67,72)(H,68,79)(H,69,81)(H,73,74)(H,75,76)(H,85,86)(H4,57,58,59)/t26-,27+,30-,32-,33-,34-,35-,36-,41-,42-,43-/m0/s1. The molecule has 10 amide bonds. The first-order valence-corrected chi connectivity index (χ1v) is 27.8. The summed E-state index contributed by atoms with van der Waals surface area (Å²) in [6.45, 7) is 6.62. The first-order valence-electron chi connectivity index (χ1n) is 27.8. The summed E-state index contributed by atoms with van der Waals surface area (Å²) in [5, 5.41) is 61.5. The number of aliphatic hydroxyl groups excluding tert-OH is 1. The zero-order chi connectivity index (χ0) is 65.0. The van der Waals surface area contributed by atoms with Gasteiger partial charge in [-0.3, -0.25) is 62.5 Å². The molecule has 0 saturated carbocycles. The van der Waals surface area contributed by atoms with Crippen LogP contribution in [0.2, 0.25) is 0 Å². The van der Waals surface area contributed by atoms with Crippen LogP contribution in [0.25, 0.3) is 10.9 Å². The second kappa shape index (κ2) is 36.7. The lowest BCUT2D eigenvalue weighted by Crippen LogP contribution is -2.61. The third-order valence-electron chi connectivity index (χ3n) is 13.5. The van der Waals surface area contributed by atoms with Gasteiger partial charge in [0.15, 0.2) is 5.96 Å². The van der Waals surface area contributed by atoms with Gasteiger partial charge in [0.2, 0.25) is 59.1 Å². The molecule has 1 heterocycles. The van der Waals surface area contributed by atoms with Crippen molar-refractivity contribution in [1.29, 1.82) is 0 Å². The Bertz CT molecular complexity index is 2730. The van der Waals surface area contributed by atoms with Gasteiger partial charge in [-0.15, -0.1) is 0 Å². The number of nitrogens with two attached hydrogens (primary N) is 5. The molecule has 0 saturated heterocycles. The van der Waals surface area contributed by atoms with Crippen LogP contribution in [-0.4, -0.2) is 188 Å². The number of hydrogen-bond donors (Lipinski definition) is 19. The van der Waals surface area contributed by atoms with Crippen LogP contribution >= 0.6 is 0 Å². The number of amides is 10. The van der Waals surface area contributed by atoms with E-state index < -0.39 is 182 Å². The molecule has 0 bridgehead atoms. The zero-order valence-corrected chi connectivity index (χ0v) is 48.6. The van der Waals surface area contributed by atoms with E-state index >= 15 is 0 Å². The summed E-state index contributed by atoms with van der Waals surface area (Å²) in [6.07, 6.45) is -2.04. The number of fused-ring (bicyclic) bond motifs is 1. The van der Waals surface area contributed by atoms with E-state index in [1.54, 1.807) is 44.3 Å². The van der Waals surface area contributed by atoms with Crippen LogP contribution in [0.4, 0.5) is 0 Å². The fraction of sp³-hybridized carbons (Fsp3) is 0.585. The number of hydrogen-bond acceptors (Lipinski definition) is 17. The molecule has 2 aromatic rings. The van der Waals surface area contributed by atoms with Crippen LogP contribution in [0.15, 0.2) is 35.5 Å². The van der Waals surface area contributed by atoms with Crippen molar-refractivity contribution in [3.8, 4) is 0 Å². The normalized spacial score (nSPS) is 14.9. The molecule has 0 unspecified atom stereocenters. The minimum Gasteiger partial charge on any atom is -0.481 e. The Morgan fingerprint density at radius 1 is 0.593 bits per heavy atom. The van der Waals surface area contributed by atoms with Gasteiger partial charge in [-0.1, -0.05) is 58.7 Å². The predicted octanol–water partition coefficient (Wildman–Crippen LogP) is -5.40. The van der Waals surface area contributed by atoms with Gasteiger partial charge < -0.3 is 102 Å². The number of para-hydroxylation sites is 1. The topological polar surface area (TPSA) is 569 Å². The molecular weight excluding hydrogens is 1130 g/mol. The first-order chi connectivity index (χ1) is 40.4. The lowest BCUT2D eigenvalue weighted by Gasteiger charge is -2.29. The van der Waals surface area contributed by atoms with Crippen LogP contribution < -0.4 is 76.5 Å². The van der Waals surface area contributed by atoms with Crippen molar-refractivity contribution >= 4 is 93.8 Å². The molecule has 0 spiro atoms. The van der Waals surface area contributed by atoms with Gasteiger partial charge in [0.1, 0.15) is 48.3 Å². The molecule has 11 atom stereocenters. The van der Waals surface area contributed by atoms with Crippen LogP contribution in [0, 0.1) is 11.8 Å². The Morgan fingerprint density at radius 2 is 1.12 bits per heavy atom. The average molecular weight is 1220 g/mol. The van der Waals surface area contributed by atoms with Gasteiger partial charge in [-0.2, -0.15) is 0 Å². The number of guanidine groups is 1. The van der Waals surface area contributed by atoms with E-state index in [2.05, 4.69) is 57.8 Å². The molecule has 24 N–H and O–H groups in total. The van der Waals surface area contributed by atoms with E-state index in [1.807, 2.05) is 0 Å². The molecule has 0 aliphatic rings. The number of benzene rings is 1. The number of aromatic nitrogens is 1. The van der Waals surface area contributed by atoms with Crippen LogP contribution in [0.3, 0.4) is 0 Å². The number of carboxylic acid groups (broad SMARTS) is 3. The maximum absolute atomic E-state index is 14.1. The lowest BCUT2D eigenvalue weighted by atomic mass is 9.97. The Kier molecular flexibility index (Phi) is 31.2. The minimum absolute atomic E-state index is 0.0382. The second-order valence-electron chi connectivity index (χ2n) is 20.9. The Balaban J connectivity index is 2.32. The number of unbranched alkanes of at least 4 members (excludes halogenated alkanes) is 1. The van der Waals surface area contributed by atoms with Crippen LogP contribution in [0.5, 0.6) is 0 Å². The summed E-state index contributed by atoms with van der Waals surface area (Å²) >= 11 is 0. The molecule has 1 aromatic carbocycles. The molecule has 0 fully saturated rings. The smallest absolute Gasteiger partial charge is 0.326 e. The largest absolute Gasteiger partial charge is 0.481 e. The summed E-state index contributed by atoms with van der Waals surface area (Å²) in [4.78, 5) is 178. The van der Waals surface area contributed by atoms with Gasteiger partial charge in [0.05, 0.1) is 31.5 Å². The average Bonchev–Trinajstić information content (AvgIpc) is 2.68. The van der Waals surface area contributed by atoms with Gasteiger partial charge in [0.25, 0.3) is 0 Å². The van der Waals surface area contributed by atoms with Gasteiger partial charge in [-0.25, -0.2) is 4.79 Å².